The van der Waals surface area contributed by atoms with Crippen LogP contribution >= 0.6 is 0 Å². The van der Waals surface area contributed by atoms with E-state index in [1.165, 1.54) is 19.2 Å². The molecule has 0 aromatic heterocycles. The number of nitro groups is 1. The molecule has 0 aliphatic carbocycles. The number of hydrogen-bond donors (Lipinski definition) is 1. The Labute approximate surface area is 174 Å². The number of esters is 1. The van der Waals surface area contributed by atoms with Gasteiger partial charge in [-0.15, -0.1) is 0 Å². The van der Waals surface area contributed by atoms with Crippen LogP contribution in [0.5, 0.6) is 0 Å². The minimum absolute atomic E-state index is 0.120. The van der Waals surface area contributed by atoms with Gasteiger partial charge in [0.1, 0.15) is 0 Å². The van der Waals surface area contributed by atoms with Gasteiger partial charge in [0.05, 0.1) is 29.0 Å². The molecule has 30 heavy (non-hydrogen) atoms. The van der Waals surface area contributed by atoms with E-state index in [1.807, 2.05) is 7.05 Å². The number of hydrogen-bond acceptors (Lipinski definition) is 7. The largest absolute Gasteiger partial charge is 0.465 e. The molecule has 1 fully saturated rings. The average molecular weight is 412 g/mol. The van der Waals surface area contributed by atoms with E-state index in [9.17, 15) is 19.7 Å². The molecule has 0 spiro atoms. The number of aryl methyl sites for hydroxylation is 1. The third kappa shape index (κ3) is 4.57. The van der Waals surface area contributed by atoms with Gasteiger partial charge in [0, 0.05) is 43.4 Å². The smallest absolute Gasteiger partial charge is 0.337 e. The Kier molecular flexibility index (Phi) is 6.31. The van der Waals surface area contributed by atoms with Crippen molar-refractivity contribution in [1.82, 2.24) is 4.90 Å². The number of methoxy groups -OCH3 is 1. The van der Waals surface area contributed by atoms with Gasteiger partial charge < -0.3 is 19.9 Å². The first-order valence-corrected chi connectivity index (χ1v) is 9.52. The molecule has 1 amide bonds. The summed E-state index contributed by atoms with van der Waals surface area (Å²) in [5.41, 5.74) is 2.06. The van der Waals surface area contributed by atoms with Crippen molar-refractivity contribution in [3.05, 3.63) is 63.2 Å². The van der Waals surface area contributed by atoms with Gasteiger partial charge in [0.25, 0.3) is 11.6 Å². The summed E-state index contributed by atoms with van der Waals surface area (Å²) in [4.78, 5) is 39.9. The SMILES string of the molecule is COC(=O)c1ccc(N2CCN(C)CC2)c(NC(=O)c2ccc(C)c([N+](=O)[O-])c2)c1. The summed E-state index contributed by atoms with van der Waals surface area (Å²) in [5, 5.41) is 14.0. The van der Waals surface area contributed by atoms with Crippen LogP contribution in [0, 0.1) is 17.0 Å². The van der Waals surface area contributed by atoms with Crippen LogP contribution in [0.3, 0.4) is 0 Å². The summed E-state index contributed by atoms with van der Waals surface area (Å²) in [6, 6.07) is 9.34. The summed E-state index contributed by atoms with van der Waals surface area (Å²) in [6.07, 6.45) is 0. The lowest BCUT2D eigenvalue weighted by Crippen LogP contribution is -2.44. The van der Waals surface area contributed by atoms with E-state index in [4.69, 9.17) is 4.74 Å². The minimum atomic E-state index is -0.514. The molecule has 2 aromatic carbocycles. The molecule has 0 atom stereocenters. The number of carbonyl (C=O) groups excluding carboxylic acids is 2. The number of ether oxygens (including phenoxy) is 1. The highest BCUT2D eigenvalue weighted by Crippen LogP contribution is 2.29. The number of benzene rings is 2. The molecular weight excluding hydrogens is 388 g/mol. The summed E-state index contributed by atoms with van der Waals surface area (Å²) >= 11 is 0. The Bertz CT molecular complexity index is 983. The quantitative estimate of drug-likeness (QED) is 0.457. The predicted molar refractivity (Wildman–Crippen MR) is 113 cm³/mol. The zero-order valence-electron chi connectivity index (χ0n) is 17.2. The average Bonchev–Trinajstić information content (AvgIpc) is 2.74. The normalized spacial score (nSPS) is 14.3. The van der Waals surface area contributed by atoms with E-state index in [0.29, 0.717) is 16.8 Å². The third-order valence-electron chi connectivity index (χ3n) is 5.18. The standard InChI is InChI=1S/C21H24N4O5/c1-14-4-5-15(13-19(14)25(28)29)20(26)22-17-12-16(21(27)30-3)6-7-18(17)24-10-8-23(2)9-11-24/h4-7,12-13H,8-11H2,1-3H3,(H,22,26). The second kappa shape index (κ2) is 8.91. The number of piperazine rings is 1. The van der Waals surface area contributed by atoms with Gasteiger partial charge in [-0.3, -0.25) is 14.9 Å². The van der Waals surface area contributed by atoms with Crippen LogP contribution in [0.1, 0.15) is 26.3 Å². The van der Waals surface area contributed by atoms with Gasteiger partial charge in [-0.25, -0.2) is 4.79 Å². The van der Waals surface area contributed by atoms with Crippen LogP contribution in [0.2, 0.25) is 0 Å². The van der Waals surface area contributed by atoms with Crippen molar-refractivity contribution >= 4 is 28.9 Å². The van der Waals surface area contributed by atoms with Crippen LogP contribution in [0.4, 0.5) is 17.1 Å². The predicted octanol–water partition coefficient (Wildman–Crippen LogP) is 2.69. The van der Waals surface area contributed by atoms with Gasteiger partial charge in [0.15, 0.2) is 0 Å². The zero-order valence-corrected chi connectivity index (χ0v) is 17.2. The van der Waals surface area contributed by atoms with Crippen molar-refractivity contribution in [3.63, 3.8) is 0 Å². The molecule has 9 nitrogen and oxygen atoms in total. The van der Waals surface area contributed by atoms with Gasteiger partial charge in [0.2, 0.25) is 0 Å². The summed E-state index contributed by atoms with van der Waals surface area (Å²) in [7, 11) is 3.34. The molecule has 2 aromatic rings. The van der Waals surface area contributed by atoms with Crippen LogP contribution in [-0.2, 0) is 4.74 Å². The summed E-state index contributed by atoms with van der Waals surface area (Å²) in [5.74, 6) is -1.00. The van der Waals surface area contributed by atoms with E-state index in [0.717, 1.165) is 31.9 Å². The number of nitro benzene ring substituents is 1. The molecule has 0 bridgehead atoms. The number of anilines is 2. The molecule has 1 aliphatic rings. The van der Waals surface area contributed by atoms with E-state index >= 15 is 0 Å². The maximum Gasteiger partial charge on any atom is 0.337 e. The summed E-state index contributed by atoms with van der Waals surface area (Å²) < 4.78 is 4.79. The van der Waals surface area contributed by atoms with Gasteiger partial charge in [-0.2, -0.15) is 0 Å². The molecule has 0 unspecified atom stereocenters. The monoisotopic (exact) mass is 412 g/mol. The van der Waals surface area contributed by atoms with Crippen LogP contribution in [-0.4, -0.2) is 62.0 Å². The van der Waals surface area contributed by atoms with Crippen molar-refractivity contribution in [2.75, 3.05) is 50.6 Å². The lowest BCUT2D eigenvalue weighted by molar-refractivity contribution is -0.385. The maximum atomic E-state index is 12.9. The molecule has 1 aliphatic heterocycles. The van der Waals surface area contributed by atoms with Crippen molar-refractivity contribution in [2.45, 2.75) is 6.92 Å². The van der Waals surface area contributed by atoms with Gasteiger partial charge >= 0.3 is 5.97 Å². The highest BCUT2D eigenvalue weighted by atomic mass is 16.6. The first kappa shape index (κ1) is 21.3. The highest BCUT2D eigenvalue weighted by Gasteiger charge is 2.21. The minimum Gasteiger partial charge on any atom is -0.465 e. The molecule has 0 radical (unpaired) electrons. The van der Waals surface area contributed by atoms with Crippen molar-refractivity contribution in [1.29, 1.82) is 0 Å². The number of amides is 1. The van der Waals surface area contributed by atoms with E-state index in [2.05, 4.69) is 15.1 Å². The fourth-order valence-corrected chi connectivity index (χ4v) is 3.35. The van der Waals surface area contributed by atoms with E-state index in [-0.39, 0.29) is 11.3 Å². The molecular formula is C21H24N4O5. The molecule has 0 saturated carbocycles. The molecule has 1 saturated heterocycles. The van der Waals surface area contributed by atoms with Crippen molar-refractivity contribution in [3.8, 4) is 0 Å². The Balaban J connectivity index is 1.94. The zero-order chi connectivity index (χ0) is 21.8. The van der Waals surface area contributed by atoms with Crippen molar-refractivity contribution in [2.24, 2.45) is 0 Å². The highest BCUT2D eigenvalue weighted by molar-refractivity contribution is 6.07. The van der Waals surface area contributed by atoms with E-state index < -0.39 is 16.8 Å². The first-order valence-electron chi connectivity index (χ1n) is 9.52. The van der Waals surface area contributed by atoms with Gasteiger partial charge in [-0.05, 0) is 38.2 Å². The van der Waals surface area contributed by atoms with Crippen LogP contribution in [0.15, 0.2) is 36.4 Å². The number of nitrogens with one attached hydrogen (secondary N) is 1. The Morgan fingerprint density at radius 1 is 1.07 bits per heavy atom. The fraction of sp³-hybridized carbons (Fsp3) is 0.333. The first-order chi connectivity index (χ1) is 14.3. The number of likely N-dealkylation sites (N-methyl/N-ethyl adjacent to an activating group) is 1. The van der Waals surface area contributed by atoms with Crippen molar-refractivity contribution < 1.29 is 19.2 Å². The molecule has 9 heteroatoms. The van der Waals surface area contributed by atoms with E-state index in [1.54, 1.807) is 31.2 Å². The third-order valence-corrected chi connectivity index (χ3v) is 5.18. The molecule has 1 heterocycles. The molecule has 158 valence electrons. The number of nitrogens with zero attached hydrogens (tertiary/aromatic N) is 3. The Morgan fingerprint density at radius 3 is 2.37 bits per heavy atom. The fourth-order valence-electron chi connectivity index (χ4n) is 3.35. The number of carbonyl (C=O) groups is 2. The van der Waals surface area contributed by atoms with Crippen LogP contribution in [0.25, 0.3) is 0 Å². The molecule has 1 N–H and O–H groups in total. The Hall–Kier alpha value is -3.46. The second-order valence-corrected chi connectivity index (χ2v) is 7.23. The summed E-state index contributed by atoms with van der Waals surface area (Å²) in [6.45, 7) is 4.90. The van der Waals surface area contributed by atoms with Gasteiger partial charge in [-0.1, -0.05) is 6.07 Å². The molecule has 3 rings (SSSR count). The topological polar surface area (TPSA) is 105 Å². The van der Waals surface area contributed by atoms with Crippen LogP contribution < -0.4 is 10.2 Å². The maximum absolute atomic E-state index is 12.9. The number of rotatable bonds is 5. The lowest BCUT2D eigenvalue weighted by Gasteiger charge is -2.35. The Morgan fingerprint density at radius 2 is 1.73 bits per heavy atom. The second-order valence-electron chi connectivity index (χ2n) is 7.23. The lowest BCUT2D eigenvalue weighted by atomic mass is 10.1.